The molecule has 0 fully saturated rings. The lowest BCUT2D eigenvalue weighted by molar-refractivity contribution is -0.121. The largest absolute Gasteiger partial charge is 0.494 e. The Morgan fingerprint density at radius 3 is 2.83 bits per heavy atom. The van der Waals surface area contributed by atoms with Crippen LogP contribution in [0.1, 0.15) is 36.3 Å². The molecule has 0 bridgehead atoms. The number of nitrogens with zero attached hydrogens (tertiary/aromatic N) is 1. The predicted octanol–water partition coefficient (Wildman–Crippen LogP) is 3.11. The average Bonchev–Trinajstić information content (AvgIpc) is 3.07. The van der Waals surface area contributed by atoms with E-state index in [2.05, 4.69) is 10.5 Å². The number of amides is 1. The maximum Gasteiger partial charge on any atom is 0.240 e. The third-order valence-electron chi connectivity index (χ3n) is 3.14. The lowest BCUT2D eigenvalue weighted by Crippen LogP contribution is -2.18. The predicted molar refractivity (Wildman–Crippen MR) is 91.9 cm³/mol. The van der Waals surface area contributed by atoms with Gasteiger partial charge in [-0.2, -0.15) is 5.10 Å². The molecule has 23 heavy (non-hydrogen) atoms. The Balaban J connectivity index is 1.74. The van der Waals surface area contributed by atoms with Crippen LogP contribution in [0, 0.1) is 0 Å². The summed E-state index contributed by atoms with van der Waals surface area (Å²) in [7, 11) is 0. The quantitative estimate of drug-likeness (QED) is 0.576. The number of aliphatic hydroxyl groups is 1. The van der Waals surface area contributed by atoms with E-state index in [0.717, 1.165) is 16.2 Å². The van der Waals surface area contributed by atoms with Crippen LogP contribution in [0.15, 0.2) is 46.9 Å². The highest BCUT2D eigenvalue weighted by Gasteiger charge is 2.10. The Labute approximate surface area is 139 Å². The van der Waals surface area contributed by atoms with Crippen LogP contribution in [-0.2, 0) is 4.79 Å². The van der Waals surface area contributed by atoms with Crippen molar-refractivity contribution in [2.75, 3.05) is 6.61 Å². The number of thiophene rings is 1. The minimum atomic E-state index is -0.683. The zero-order valence-electron chi connectivity index (χ0n) is 12.9. The highest BCUT2D eigenvalue weighted by molar-refractivity contribution is 7.11. The van der Waals surface area contributed by atoms with Gasteiger partial charge in [-0.25, -0.2) is 5.43 Å². The molecule has 0 saturated heterocycles. The van der Waals surface area contributed by atoms with Gasteiger partial charge in [-0.05, 0) is 42.5 Å². The fourth-order valence-corrected chi connectivity index (χ4v) is 2.56. The minimum absolute atomic E-state index is 0.205. The van der Waals surface area contributed by atoms with Crippen LogP contribution >= 0.6 is 11.3 Å². The van der Waals surface area contributed by atoms with Gasteiger partial charge < -0.3 is 9.84 Å². The number of nitrogens with one attached hydrogen (secondary N) is 1. The zero-order valence-corrected chi connectivity index (χ0v) is 13.8. The summed E-state index contributed by atoms with van der Waals surface area (Å²) in [6.07, 6.45) is 1.47. The summed E-state index contributed by atoms with van der Waals surface area (Å²) < 4.78 is 5.35. The fourth-order valence-electron chi connectivity index (χ4n) is 1.98. The van der Waals surface area contributed by atoms with Crippen molar-refractivity contribution in [3.63, 3.8) is 0 Å². The van der Waals surface area contributed by atoms with Crippen molar-refractivity contribution in [2.45, 2.75) is 25.9 Å². The lowest BCUT2D eigenvalue weighted by Gasteiger charge is -2.11. The Morgan fingerprint density at radius 1 is 1.39 bits per heavy atom. The second kappa shape index (κ2) is 9.07. The number of hydrogen-bond acceptors (Lipinski definition) is 5. The van der Waals surface area contributed by atoms with E-state index in [9.17, 15) is 9.90 Å². The van der Waals surface area contributed by atoms with E-state index in [1.807, 2.05) is 48.7 Å². The first kappa shape index (κ1) is 17.2. The lowest BCUT2D eigenvalue weighted by atomic mass is 10.0. The molecular weight excluding hydrogens is 312 g/mol. The van der Waals surface area contributed by atoms with Crippen molar-refractivity contribution in [1.82, 2.24) is 5.43 Å². The molecule has 2 rings (SSSR count). The van der Waals surface area contributed by atoms with Crippen molar-refractivity contribution in [3.05, 3.63) is 52.2 Å². The number of hydrazone groups is 1. The van der Waals surface area contributed by atoms with Crippen LogP contribution in [-0.4, -0.2) is 23.8 Å². The maximum atomic E-state index is 11.7. The summed E-state index contributed by atoms with van der Waals surface area (Å²) in [5.41, 5.74) is 3.23. The molecule has 0 spiro atoms. The van der Waals surface area contributed by atoms with Gasteiger partial charge in [-0.15, -0.1) is 11.3 Å². The van der Waals surface area contributed by atoms with Crippen molar-refractivity contribution in [1.29, 1.82) is 0 Å². The van der Waals surface area contributed by atoms with Gasteiger partial charge in [0.2, 0.25) is 5.91 Å². The Morgan fingerprint density at radius 2 is 2.17 bits per heavy atom. The third-order valence-corrected chi connectivity index (χ3v) is 3.95. The molecule has 1 aromatic carbocycles. The van der Waals surface area contributed by atoms with Gasteiger partial charge in [0.15, 0.2) is 0 Å². The third kappa shape index (κ3) is 5.84. The maximum absolute atomic E-state index is 11.7. The molecule has 2 aromatic rings. The molecule has 0 aliphatic heterocycles. The first-order valence-electron chi connectivity index (χ1n) is 7.45. The molecule has 6 heteroatoms. The number of aliphatic hydroxyl groups excluding tert-OH is 1. The molecular formula is C17H20N2O3S. The molecule has 1 amide bonds. The van der Waals surface area contributed by atoms with Crippen LogP contribution in [0.5, 0.6) is 5.75 Å². The molecule has 1 atom stereocenters. The van der Waals surface area contributed by atoms with Crippen molar-refractivity contribution < 1.29 is 14.6 Å². The van der Waals surface area contributed by atoms with E-state index in [0.29, 0.717) is 13.0 Å². The van der Waals surface area contributed by atoms with Gasteiger partial charge in [0.25, 0.3) is 0 Å². The van der Waals surface area contributed by atoms with Gasteiger partial charge in [-0.3, -0.25) is 4.79 Å². The molecule has 1 heterocycles. The van der Waals surface area contributed by atoms with Crippen LogP contribution in [0.3, 0.4) is 0 Å². The summed E-state index contributed by atoms with van der Waals surface area (Å²) in [4.78, 5) is 12.7. The topological polar surface area (TPSA) is 70.9 Å². The zero-order chi connectivity index (χ0) is 16.5. The van der Waals surface area contributed by atoms with E-state index in [1.165, 1.54) is 0 Å². The van der Waals surface area contributed by atoms with E-state index in [-0.39, 0.29) is 12.3 Å². The Bertz CT molecular complexity index is 624. The van der Waals surface area contributed by atoms with Crippen LogP contribution in [0.2, 0.25) is 0 Å². The van der Waals surface area contributed by atoms with Crippen molar-refractivity contribution in [2.24, 2.45) is 5.10 Å². The first-order valence-corrected chi connectivity index (χ1v) is 8.33. The fraction of sp³-hybridized carbons (Fsp3) is 0.294. The van der Waals surface area contributed by atoms with Gasteiger partial charge >= 0.3 is 0 Å². The van der Waals surface area contributed by atoms with E-state index in [4.69, 9.17) is 4.74 Å². The summed E-state index contributed by atoms with van der Waals surface area (Å²) in [6.45, 7) is 2.52. The first-order chi connectivity index (χ1) is 11.2. The second-order valence-corrected chi connectivity index (χ2v) is 5.84. The van der Waals surface area contributed by atoms with Gasteiger partial charge in [-0.1, -0.05) is 18.2 Å². The molecule has 2 N–H and O–H groups in total. The summed E-state index contributed by atoms with van der Waals surface area (Å²) >= 11 is 1.54. The second-order valence-electron chi connectivity index (χ2n) is 4.87. The van der Waals surface area contributed by atoms with Gasteiger partial charge in [0, 0.05) is 11.3 Å². The van der Waals surface area contributed by atoms with Crippen molar-refractivity contribution >= 4 is 23.5 Å². The molecule has 122 valence electrons. The molecule has 0 aliphatic rings. The van der Waals surface area contributed by atoms with Crippen LogP contribution in [0.4, 0.5) is 0 Å². The summed E-state index contributed by atoms with van der Waals surface area (Å²) in [6, 6.07) is 11.1. The number of hydrogen-bond donors (Lipinski definition) is 2. The standard InChI is InChI=1S/C17H20N2O3S/c1-2-22-14-7-5-13(6-8-14)16(20)9-10-17(21)19-18-12-15-4-3-11-23-15/h3-8,11-12,16,20H,2,9-10H2,1H3,(H,19,21)/b18-12-/t16-/m1/s1. The molecule has 0 radical (unpaired) electrons. The van der Waals surface area contributed by atoms with Gasteiger partial charge in [0.05, 0.1) is 18.9 Å². The van der Waals surface area contributed by atoms with Crippen LogP contribution < -0.4 is 10.2 Å². The summed E-state index contributed by atoms with van der Waals surface area (Å²) in [5.74, 6) is 0.548. The normalized spacial score (nSPS) is 12.3. The van der Waals surface area contributed by atoms with Crippen LogP contribution in [0.25, 0.3) is 0 Å². The Kier molecular flexibility index (Phi) is 6.77. The number of carbonyl (C=O) groups is 1. The molecule has 0 saturated carbocycles. The number of carbonyl (C=O) groups excluding carboxylic acids is 1. The average molecular weight is 332 g/mol. The molecule has 5 nitrogen and oxygen atoms in total. The van der Waals surface area contributed by atoms with Crippen molar-refractivity contribution in [3.8, 4) is 5.75 Å². The minimum Gasteiger partial charge on any atom is -0.494 e. The number of ether oxygens (including phenoxy) is 1. The number of benzene rings is 1. The van der Waals surface area contributed by atoms with E-state index < -0.39 is 6.10 Å². The SMILES string of the molecule is CCOc1ccc([C@H](O)CCC(=O)N/N=C\c2cccs2)cc1. The van der Waals surface area contributed by atoms with Gasteiger partial charge in [0.1, 0.15) is 5.75 Å². The monoisotopic (exact) mass is 332 g/mol. The van der Waals surface area contributed by atoms with E-state index >= 15 is 0 Å². The number of rotatable bonds is 8. The molecule has 0 unspecified atom stereocenters. The smallest absolute Gasteiger partial charge is 0.240 e. The van der Waals surface area contributed by atoms with E-state index in [1.54, 1.807) is 17.6 Å². The summed E-state index contributed by atoms with van der Waals surface area (Å²) in [5, 5.41) is 15.9. The Hall–Kier alpha value is -2.18. The highest BCUT2D eigenvalue weighted by atomic mass is 32.1. The highest BCUT2D eigenvalue weighted by Crippen LogP contribution is 2.21. The molecule has 0 aliphatic carbocycles. The molecule has 1 aromatic heterocycles.